The summed E-state index contributed by atoms with van der Waals surface area (Å²) in [4.78, 5) is 12.3. The molecule has 0 saturated heterocycles. The van der Waals surface area contributed by atoms with Gasteiger partial charge < -0.3 is 25.7 Å². The van der Waals surface area contributed by atoms with E-state index in [2.05, 4.69) is 31.3 Å². The highest BCUT2D eigenvalue weighted by Crippen LogP contribution is 2.15. The van der Waals surface area contributed by atoms with Crippen LogP contribution in [-0.2, 0) is 4.79 Å². The van der Waals surface area contributed by atoms with Crippen LogP contribution in [0.3, 0.4) is 0 Å². The van der Waals surface area contributed by atoms with E-state index in [1.807, 2.05) is 0 Å². The third kappa shape index (κ3) is 20.1. The maximum absolute atomic E-state index is 12.3. The lowest BCUT2D eigenvalue weighted by atomic mass is 9.99. The van der Waals surface area contributed by atoms with E-state index in [-0.39, 0.29) is 0 Å². The van der Waals surface area contributed by atoms with Crippen LogP contribution in [0.1, 0.15) is 142 Å². The monoisotopic (exact) mass is 513 g/mol. The van der Waals surface area contributed by atoms with E-state index in [1.165, 1.54) is 64.2 Å². The number of amides is 1. The fourth-order valence-electron chi connectivity index (χ4n) is 4.44. The van der Waals surface area contributed by atoms with E-state index >= 15 is 0 Å². The fraction of sp³-hybridized carbons (Fsp3) is 0.900. The van der Waals surface area contributed by atoms with Gasteiger partial charge in [0.1, 0.15) is 12.2 Å². The lowest BCUT2D eigenvalue weighted by Crippen LogP contribution is -2.53. The van der Waals surface area contributed by atoms with E-state index in [4.69, 9.17) is 0 Å². The molecular formula is C30H59NO5. The summed E-state index contributed by atoms with van der Waals surface area (Å²) >= 11 is 0. The predicted molar refractivity (Wildman–Crippen MR) is 150 cm³/mol. The summed E-state index contributed by atoms with van der Waals surface area (Å²) in [6.45, 7) is 3.93. The predicted octanol–water partition coefficient (Wildman–Crippen LogP) is 5.94. The first kappa shape index (κ1) is 35.0. The van der Waals surface area contributed by atoms with Gasteiger partial charge in [0.25, 0.3) is 0 Å². The molecule has 0 saturated carbocycles. The first-order chi connectivity index (χ1) is 17.5. The van der Waals surface area contributed by atoms with Gasteiger partial charge in [0, 0.05) is 0 Å². The molecule has 5 N–H and O–H groups in total. The first-order valence-corrected chi connectivity index (χ1v) is 15.1. The lowest BCUT2D eigenvalue weighted by Gasteiger charge is -2.27. The van der Waals surface area contributed by atoms with Crippen LogP contribution in [0.5, 0.6) is 0 Å². The highest BCUT2D eigenvalue weighted by Gasteiger charge is 2.28. The Kier molecular flexibility index (Phi) is 25.0. The summed E-state index contributed by atoms with van der Waals surface area (Å²) < 4.78 is 0. The van der Waals surface area contributed by atoms with Crippen LogP contribution in [0.25, 0.3) is 0 Å². The van der Waals surface area contributed by atoms with Crippen molar-refractivity contribution in [2.24, 2.45) is 0 Å². The number of carbonyl (C=O) groups excluding carboxylic acids is 1. The standard InChI is InChI=1S/C30H59NO5/c1-3-5-7-9-11-13-14-16-17-19-21-23-27(33)29(35)26(25-32)31-30(36)28(34)24-22-20-18-15-12-10-8-6-4-2/h10,12,26-29,32-35H,3-9,11,13-25H2,1-2H3,(H,31,36)/b12-10-. The van der Waals surface area contributed by atoms with E-state index in [1.54, 1.807) is 0 Å². The quantitative estimate of drug-likeness (QED) is 0.0726. The number of nitrogens with one attached hydrogen (secondary N) is 1. The lowest BCUT2D eigenvalue weighted by molar-refractivity contribution is -0.132. The van der Waals surface area contributed by atoms with Gasteiger partial charge in [-0.3, -0.25) is 4.79 Å². The number of allylic oxidation sites excluding steroid dienone is 2. The van der Waals surface area contributed by atoms with Crippen molar-refractivity contribution in [1.82, 2.24) is 5.32 Å². The number of hydrogen-bond donors (Lipinski definition) is 5. The zero-order valence-corrected chi connectivity index (χ0v) is 23.5. The van der Waals surface area contributed by atoms with Gasteiger partial charge in [0.15, 0.2) is 0 Å². The van der Waals surface area contributed by atoms with Crippen molar-refractivity contribution in [2.45, 2.75) is 167 Å². The highest BCUT2D eigenvalue weighted by molar-refractivity contribution is 5.80. The summed E-state index contributed by atoms with van der Waals surface area (Å²) in [5, 5.41) is 43.0. The third-order valence-corrected chi connectivity index (χ3v) is 6.98. The zero-order chi connectivity index (χ0) is 26.9. The average molecular weight is 514 g/mol. The molecule has 0 aromatic heterocycles. The van der Waals surface area contributed by atoms with Gasteiger partial charge in [-0.2, -0.15) is 0 Å². The van der Waals surface area contributed by atoms with Crippen LogP contribution >= 0.6 is 0 Å². The van der Waals surface area contributed by atoms with Crippen LogP contribution in [0.4, 0.5) is 0 Å². The molecule has 6 heteroatoms. The Morgan fingerprint density at radius 2 is 1.14 bits per heavy atom. The summed E-state index contributed by atoms with van der Waals surface area (Å²) in [5.41, 5.74) is 0. The van der Waals surface area contributed by atoms with E-state index < -0.39 is 36.9 Å². The average Bonchev–Trinajstić information content (AvgIpc) is 2.88. The van der Waals surface area contributed by atoms with Crippen molar-refractivity contribution >= 4 is 5.91 Å². The van der Waals surface area contributed by atoms with Crippen molar-refractivity contribution in [1.29, 1.82) is 0 Å². The molecule has 214 valence electrons. The molecule has 4 unspecified atom stereocenters. The Bertz CT molecular complexity index is 514. The second-order valence-corrected chi connectivity index (χ2v) is 10.4. The molecule has 0 fully saturated rings. The number of rotatable bonds is 26. The number of carbonyl (C=O) groups is 1. The summed E-state index contributed by atoms with van der Waals surface area (Å²) in [5.74, 6) is -0.602. The minimum absolute atomic E-state index is 0.348. The molecule has 0 aromatic carbocycles. The van der Waals surface area contributed by atoms with Crippen LogP contribution in [-0.4, -0.2) is 57.3 Å². The molecule has 0 aliphatic heterocycles. The van der Waals surface area contributed by atoms with Gasteiger partial charge in [0.05, 0.1) is 18.8 Å². The van der Waals surface area contributed by atoms with Crippen LogP contribution < -0.4 is 5.32 Å². The Balaban J connectivity index is 3.95. The molecule has 0 aliphatic rings. The second-order valence-electron chi connectivity index (χ2n) is 10.4. The van der Waals surface area contributed by atoms with Gasteiger partial charge >= 0.3 is 0 Å². The first-order valence-electron chi connectivity index (χ1n) is 15.1. The van der Waals surface area contributed by atoms with Crippen LogP contribution in [0.15, 0.2) is 12.2 Å². The minimum atomic E-state index is -1.26. The van der Waals surface area contributed by atoms with E-state index in [0.29, 0.717) is 12.8 Å². The largest absolute Gasteiger partial charge is 0.394 e. The molecule has 36 heavy (non-hydrogen) atoms. The molecule has 0 aliphatic carbocycles. The molecule has 0 aromatic rings. The third-order valence-electron chi connectivity index (χ3n) is 6.98. The van der Waals surface area contributed by atoms with Crippen molar-refractivity contribution in [3.63, 3.8) is 0 Å². The Morgan fingerprint density at radius 1 is 0.667 bits per heavy atom. The summed E-state index contributed by atoms with van der Waals surface area (Å²) in [7, 11) is 0. The normalized spacial score (nSPS) is 15.2. The smallest absolute Gasteiger partial charge is 0.249 e. The van der Waals surface area contributed by atoms with Crippen LogP contribution in [0, 0.1) is 0 Å². The van der Waals surface area contributed by atoms with Gasteiger partial charge in [0.2, 0.25) is 5.91 Å². The minimum Gasteiger partial charge on any atom is -0.394 e. The second kappa shape index (κ2) is 25.7. The number of aliphatic hydroxyl groups excluding tert-OH is 4. The number of hydrogen-bond acceptors (Lipinski definition) is 5. The molecular weight excluding hydrogens is 454 g/mol. The maximum Gasteiger partial charge on any atom is 0.249 e. The van der Waals surface area contributed by atoms with E-state index in [9.17, 15) is 25.2 Å². The molecule has 4 atom stereocenters. The maximum atomic E-state index is 12.3. The van der Waals surface area contributed by atoms with Crippen LogP contribution in [0.2, 0.25) is 0 Å². The van der Waals surface area contributed by atoms with Gasteiger partial charge in [-0.25, -0.2) is 0 Å². The Morgan fingerprint density at radius 3 is 1.69 bits per heavy atom. The number of unbranched alkanes of at least 4 members (excludes halogenated alkanes) is 15. The van der Waals surface area contributed by atoms with E-state index in [0.717, 1.165) is 51.4 Å². The number of aliphatic hydroxyl groups is 4. The van der Waals surface area contributed by atoms with Gasteiger partial charge in [-0.1, -0.05) is 122 Å². The summed E-state index contributed by atoms with van der Waals surface area (Å²) in [6, 6.07) is -0.983. The van der Waals surface area contributed by atoms with Crippen molar-refractivity contribution < 1.29 is 25.2 Å². The molecule has 6 nitrogen and oxygen atoms in total. The molecule has 0 rings (SSSR count). The molecule has 0 spiro atoms. The topological polar surface area (TPSA) is 110 Å². The Labute approximate surface area is 222 Å². The molecule has 0 radical (unpaired) electrons. The Hall–Kier alpha value is -0.950. The molecule has 0 bridgehead atoms. The molecule has 0 heterocycles. The molecule has 1 amide bonds. The van der Waals surface area contributed by atoms with Gasteiger partial charge in [-0.05, 0) is 32.1 Å². The zero-order valence-electron chi connectivity index (χ0n) is 23.5. The van der Waals surface area contributed by atoms with Crippen molar-refractivity contribution in [2.75, 3.05) is 6.61 Å². The van der Waals surface area contributed by atoms with Gasteiger partial charge in [-0.15, -0.1) is 0 Å². The van der Waals surface area contributed by atoms with Crippen molar-refractivity contribution in [3.05, 3.63) is 12.2 Å². The van der Waals surface area contributed by atoms with Crippen molar-refractivity contribution in [3.8, 4) is 0 Å². The highest BCUT2D eigenvalue weighted by atomic mass is 16.3. The fourth-order valence-corrected chi connectivity index (χ4v) is 4.44. The summed E-state index contributed by atoms with van der Waals surface area (Å²) in [6.07, 6.45) is 22.4. The SMILES string of the molecule is CCCC/C=C\CCCCCC(O)C(=O)NC(CO)C(O)C(O)CCCCCCCCCCCCC.